The Bertz CT molecular complexity index is 1940. The molecule has 7 fully saturated rings. The van der Waals surface area contributed by atoms with Gasteiger partial charge in [0.1, 0.15) is 18.3 Å². The summed E-state index contributed by atoms with van der Waals surface area (Å²) in [5, 5.41) is 9.72. The second-order valence-electron chi connectivity index (χ2n) is 24.8. The van der Waals surface area contributed by atoms with Crippen LogP contribution in [0.1, 0.15) is 19.3 Å². The van der Waals surface area contributed by atoms with Crippen LogP contribution >= 0.6 is 0 Å². The van der Waals surface area contributed by atoms with Gasteiger partial charge in [0.25, 0.3) is 92.8 Å². The lowest BCUT2D eigenvalue weighted by Crippen LogP contribution is -2.58. The van der Waals surface area contributed by atoms with E-state index in [0.717, 1.165) is 76.5 Å². The summed E-state index contributed by atoms with van der Waals surface area (Å²) in [6, 6.07) is 5.46. The number of epoxide rings is 3. The second-order valence-corrected chi connectivity index (χ2v) is 75.8. The molecule has 7 aliphatic heterocycles. The Morgan fingerprint density at radius 2 is 0.559 bits per heavy atom. The van der Waals surface area contributed by atoms with Gasteiger partial charge in [-0.25, -0.2) is 0 Å². The fourth-order valence-corrected chi connectivity index (χ4v) is 82.2. The lowest BCUT2D eigenvalue weighted by molar-refractivity contribution is 0.115. The molecule has 0 bridgehead atoms. The van der Waals surface area contributed by atoms with E-state index in [1.165, 1.54) is 0 Å². The fourth-order valence-electron chi connectivity index (χ4n) is 10.9. The minimum absolute atomic E-state index is 0.0859. The Morgan fingerprint density at radius 3 is 0.785 bits per heavy atom. The first-order valence-corrected chi connectivity index (χ1v) is 75.0. The molecule has 13 atom stereocenters. The third-order valence-electron chi connectivity index (χ3n) is 15.5. The van der Waals surface area contributed by atoms with E-state index in [2.05, 4.69) is 78.6 Å². The molecule has 0 saturated carbocycles. The second kappa shape index (κ2) is 44.0. The largest absolute Gasteiger partial charge is 0.500 e. The number of hydrogen-bond acceptors (Lipinski definition) is 29. The molecular formula is C45H122O29Si19. The molecule has 7 heterocycles. The summed E-state index contributed by atoms with van der Waals surface area (Å²) in [5.74, 6) is 0. The van der Waals surface area contributed by atoms with Crippen LogP contribution in [0.2, 0.25) is 154 Å². The molecule has 0 aromatic heterocycles. The average Bonchev–Trinajstić information content (AvgIpc) is 1.30. The summed E-state index contributed by atoms with van der Waals surface area (Å²) in [7, 11) is -29.1. The van der Waals surface area contributed by atoms with Crippen molar-refractivity contribution in [2.24, 2.45) is 0 Å². The minimum Gasteiger partial charge on any atom is -0.420 e. The molecule has 0 spiro atoms. The third-order valence-corrected chi connectivity index (χ3v) is 83.0. The molecule has 48 heteroatoms. The molecule has 29 nitrogen and oxygen atoms in total. The van der Waals surface area contributed by atoms with Crippen LogP contribution in [0.5, 0.6) is 0 Å². The summed E-state index contributed by atoms with van der Waals surface area (Å²) in [6.45, 7) is 41.9. The molecule has 7 aliphatic rings. The predicted molar refractivity (Wildman–Crippen MR) is 396 cm³/mol. The van der Waals surface area contributed by atoms with Crippen LogP contribution in [0.25, 0.3) is 0 Å². The van der Waals surface area contributed by atoms with Gasteiger partial charge in [0.05, 0.1) is 45.9 Å². The zero-order valence-corrected chi connectivity index (χ0v) is 81.0. The molecule has 7 rings (SSSR count). The third kappa shape index (κ3) is 37.0. The van der Waals surface area contributed by atoms with Crippen LogP contribution in [-0.2, 0) is 121 Å². The van der Waals surface area contributed by atoms with Gasteiger partial charge in [0, 0.05) is 61.4 Å². The zero-order chi connectivity index (χ0) is 69.1. The van der Waals surface area contributed by atoms with Crippen molar-refractivity contribution < 1.29 is 126 Å². The first kappa shape index (κ1) is 88.4. The van der Waals surface area contributed by atoms with Crippen molar-refractivity contribution in [3.05, 3.63) is 0 Å². The maximum Gasteiger partial charge on any atom is 0.500 e. The van der Waals surface area contributed by atoms with Gasteiger partial charge in [0.15, 0.2) is 0 Å². The van der Waals surface area contributed by atoms with Crippen LogP contribution in [0.4, 0.5) is 0 Å². The van der Waals surface area contributed by atoms with Crippen LogP contribution < -0.4 is 0 Å². The monoisotopic (exact) mass is 1660 g/mol. The smallest absolute Gasteiger partial charge is 0.420 e. The van der Waals surface area contributed by atoms with Crippen molar-refractivity contribution in [3.63, 3.8) is 0 Å². The molecule has 552 valence electrons. The van der Waals surface area contributed by atoms with E-state index in [-0.39, 0.29) is 6.23 Å². The fraction of sp³-hybridized carbons (Fsp3) is 1.00. The van der Waals surface area contributed by atoms with E-state index in [9.17, 15) is 5.11 Å². The Labute approximate surface area is 585 Å². The number of hydrogen-bond donors (Lipinski definition) is 1. The normalized spacial score (nSPS) is 38.7. The molecule has 0 aromatic carbocycles. The maximum atomic E-state index is 9.72. The van der Waals surface area contributed by atoms with Gasteiger partial charge < -0.3 is 126 Å². The first-order valence-electron chi connectivity index (χ1n) is 33.1. The van der Waals surface area contributed by atoms with E-state index in [1.807, 2.05) is 32.7 Å². The van der Waals surface area contributed by atoms with Gasteiger partial charge in [-0.3, -0.25) is 0 Å². The predicted octanol–water partition coefficient (Wildman–Crippen LogP) is 2.41. The van der Waals surface area contributed by atoms with Crippen molar-refractivity contribution in [2.75, 3.05) is 101 Å². The molecule has 93 heavy (non-hydrogen) atoms. The lowest BCUT2D eigenvalue weighted by atomic mass is 10.5. The lowest BCUT2D eigenvalue weighted by Gasteiger charge is -2.42. The minimum atomic E-state index is -2.61. The Balaban J connectivity index is 0.000000267. The molecule has 0 aromatic rings. The maximum absolute atomic E-state index is 9.72. The molecule has 7 saturated heterocycles. The topological polar surface area (TPSA) is 289 Å². The Hall–Kier alpha value is 2.96. The summed E-state index contributed by atoms with van der Waals surface area (Å²) in [4.78, 5) is 0. The van der Waals surface area contributed by atoms with Gasteiger partial charge in [-0.1, -0.05) is 0 Å². The summed E-state index contributed by atoms with van der Waals surface area (Å²) in [6.07, 6.45) is 3.67. The summed E-state index contributed by atoms with van der Waals surface area (Å²) >= 11 is 0. The van der Waals surface area contributed by atoms with Crippen LogP contribution in [-0.4, -0.2) is 296 Å². The number of rotatable bonds is 30. The van der Waals surface area contributed by atoms with Crippen LogP contribution in [0, 0.1) is 0 Å². The molecule has 13 unspecified atom stereocenters. The van der Waals surface area contributed by atoms with Crippen LogP contribution in [0.15, 0.2) is 0 Å². The highest BCUT2D eigenvalue weighted by Gasteiger charge is 2.49. The van der Waals surface area contributed by atoms with E-state index in [4.69, 9.17) is 121 Å². The van der Waals surface area contributed by atoms with Crippen molar-refractivity contribution >= 4 is 172 Å². The highest BCUT2D eigenvalue weighted by Crippen LogP contribution is 2.32. The highest BCUT2D eigenvalue weighted by atomic mass is 28.5. The SMILES string of the molecule is CO[Si](CC[Si]1(C)O[SiH](C)O[SiH](C)O[SiH](C)O1)(OC)OC.CO[Si](CO)(CC[Si]1(C)O[SiH](C)O[Si](C)(CCCOCC2CO2)O[SiH](C)O1)OC.C[SiH]1O[SiH](C)O[SiH](C)O[Si](C)(CCCOCC2CO2)O[SiH](C)O1.C[SiH]1O[SiH](C)O[Si](C)(CCCOCC2CO2)O[SiH](C)O1. The number of ether oxygens (including phenoxy) is 6. The van der Waals surface area contributed by atoms with E-state index in [0.29, 0.717) is 62.9 Å². The van der Waals surface area contributed by atoms with Gasteiger partial charge >= 0.3 is 78.7 Å². The summed E-state index contributed by atoms with van der Waals surface area (Å²) < 4.78 is 164. The van der Waals surface area contributed by atoms with E-state index < -0.39 is 172 Å². The summed E-state index contributed by atoms with van der Waals surface area (Å²) in [5.41, 5.74) is 0. The van der Waals surface area contributed by atoms with E-state index in [1.54, 1.807) is 35.5 Å². The van der Waals surface area contributed by atoms with Gasteiger partial charge in [-0.05, 0) is 167 Å². The molecule has 0 amide bonds. The number of aliphatic hydroxyl groups is 1. The highest BCUT2D eigenvalue weighted by molar-refractivity contribution is 6.87. The van der Waals surface area contributed by atoms with Gasteiger partial charge in [-0.2, -0.15) is 0 Å². The molecular weight excluding hydrogens is 1540 g/mol. The Kier molecular flexibility index (Phi) is 41.9. The average molecular weight is 1660 g/mol. The van der Waals surface area contributed by atoms with Gasteiger partial charge in [-0.15, -0.1) is 0 Å². The zero-order valence-electron chi connectivity index (χ0n) is 60.2. The van der Waals surface area contributed by atoms with E-state index >= 15 is 0 Å². The molecule has 0 radical (unpaired) electrons. The van der Waals surface area contributed by atoms with Crippen molar-refractivity contribution in [3.8, 4) is 0 Å². The molecule has 1 N–H and O–H groups in total. The molecule has 0 aliphatic carbocycles. The quantitative estimate of drug-likeness (QED) is 0.0614. The van der Waals surface area contributed by atoms with Crippen LogP contribution in [0.3, 0.4) is 0 Å². The number of aliphatic hydroxyl groups excluding tert-OH is 1. The van der Waals surface area contributed by atoms with Gasteiger partial charge in [0.2, 0.25) is 0 Å². The first-order chi connectivity index (χ1) is 43.8. The van der Waals surface area contributed by atoms with Crippen molar-refractivity contribution in [1.29, 1.82) is 0 Å². The Morgan fingerprint density at radius 1 is 0.333 bits per heavy atom. The van der Waals surface area contributed by atoms with Crippen molar-refractivity contribution in [1.82, 2.24) is 0 Å². The van der Waals surface area contributed by atoms with Crippen molar-refractivity contribution in [2.45, 2.75) is 191 Å². The standard InChI is InChI=1S/C15H38O9Si5.C11H30O7Si5.C10H26O6Si4.C9H28O7Si5/c1-17-29(14-16,18-2)11-10-28(6)23-25(3)21-27(5,22-26(4)24-28)9-7-8-19-12-15-13-20-15;1-19-14-20(2)16-22(4)18-23(5,17-21(3)15-19)8-6-7-12-9-11-10-13-11;1-17-13-18(2)15-20(4,16-19(3)14-17)7-5-6-11-8-10-9-12-10;1-10-21(11-2,12-3)9-8-20(7)15-18(5)13-17(4)14-19(6)16-20/h15-16,25-26H,7-14H2,1-6H3;11,19-22H,6-10H2,1-5H3;10,17-19H,5-9H2,1-4H3;17-19H,8-9H2,1-7H3.